The molecule has 110 valence electrons. The van der Waals surface area contributed by atoms with Crippen LogP contribution in [0.3, 0.4) is 0 Å². The molecule has 20 heavy (non-hydrogen) atoms. The molecule has 0 saturated carbocycles. The molecule has 0 aromatic heterocycles. The summed E-state index contributed by atoms with van der Waals surface area (Å²) >= 11 is 0. The molecular weight excluding hydrogens is 256 g/mol. The van der Waals surface area contributed by atoms with Gasteiger partial charge >= 0.3 is 0 Å². The smallest absolute Gasteiger partial charge is 0.239 e. The molecule has 0 aliphatic carbocycles. The maximum Gasteiger partial charge on any atom is 0.239 e. The molecule has 1 aromatic rings. The lowest BCUT2D eigenvalue weighted by molar-refractivity contribution is -0.135. The molecule has 0 unspecified atom stereocenters. The average molecular weight is 278 g/mol. The summed E-state index contributed by atoms with van der Waals surface area (Å²) in [5.74, 6) is 0.405. The van der Waals surface area contributed by atoms with Gasteiger partial charge in [0.25, 0.3) is 0 Å². The Morgan fingerprint density at radius 1 is 1.30 bits per heavy atom. The fourth-order valence-corrected chi connectivity index (χ4v) is 1.86. The van der Waals surface area contributed by atoms with Crippen LogP contribution in [0.4, 0.5) is 0 Å². The summed E-state index contributed by atoms with van der Waals surface area (Å²) < 4.78 is 5.26. The van der Waals surface area contributed by atoms with Crippen LogP contribution in [-0.4, -0.2) is 36.4 Å². The summed E-state index contributed by atoms with van der Waals surface area (Å²) in [6.07, 6.45) is 0. The van der Waals surface area contributed by atoms with Gasteiger partial charge in [0.05, 0.1) is 13.7 Å². The van der Waals surface area contributed by atoms with E-state index in [0.717, 1.165) is 5.56 Å². The first-order chi connectivity index (χ1) is 9.43. The SMILES string of the molecule is COc1ccccc1CN(CC(=O)NC(C)C)C(C)=O. The first-order valence-corrected chi connectivity index (χ1v) is 6.60. The number of ether oxygens (including phenoxy) is 1. The maximum atomic E-state index is 11.8. The number of methoxy groups -OCH3 is 1. The summed E-state index contributed by atoms with van der Waals surface area (Å²) in [6, 6.07) is 7.52. The highest BCUT2D eigenvalue weighted by Gasteiger charge is 2.16. The third-order valence-corrected chi connectivity index (χ3v) is 2.78. The third kappa shape index (κ3) is 4.91. The Hall–Kier alpha value is -2.04. The molecule has 5 nitrogen and oxygen atoms in total. The van der Waals surface area contributed by atoms with E-state index in [-0.39, 0.29) is 24.4 Å². The lowest BCUT2D eigenvalue weighted by Gasteiger charge is -2.22. The van der Waals surface area contributed by atoms with Crippen LogP contribution in [0.15, 0.2) is 24.3 Å². The largest absolute Gasteiger partial charge is 0.496 e. The molecule has 1 N–H and O–H groups in total. The van der Waals surface area contributed by atoms with Gasteiger partial charge in [0.2, 0.25) is 11.8 Å². The number of para-hydroxylation sites is 1. The summed E-state index contributed by atoms with van der Waals surface area (Å²) in [5.41, 5.74) is 0.877. The van der Waals surface area contributed by atoms with Crippen LogP contribution >= 0.6 is 0 Å². The quantitative estimate of drug-likeness (QED) is 0.859. The van der Waals surface area contributed by atoms with Crippen LogP contribution < -0.4 is 10.1 Å². The molecular formula is C15H22N2O3. The number of nitrogens with one attached hydrogen (secondary N) is 1. The molecule has 0 spiro atoms. The number of hydrogen-bond donors (Lipinski definition) is 1. The summed E-state index contributed by atoms with van der Waals surface area (Å²) in [7, 11) is 1.59. The third-order valence-electron chi connectivity index (χ3n) is 2.78. The van der Waals surface area contributed by atoms with Crippen molar-refractivity contribution in [3.63, 3.8) is 0 Å². The minimum absolute atomic E-state index is 0.0472. The van der Waals surface area contributed by atoms with Gasteiger partial charge in [-0.2, -0.15) is 0 Å². The molecule has 5 heteroatoms. The Kier molecular flexibility index (Phi) is 6.03. The van der Waals surface area contributed by atoms with Gasteiger partial charge in [-0.05, 0) is 19.9 Å². The van der Waals surface area contributed by atoms with Gasteiger partial charge in [0.1, 0.15) is 5.75 Å². The number of hydrogen-bond acceptors (Lipinski definition) is 3. The van der Waals surface area contributed by atoms with E-state index in [0.29, 0.717) is 12.3 Å². The van der Waals surface area contributed by atoms with E-state index in [1.807, 2.05) is 38.1 Å². The predicted molar refractivity (Wildman–Crippen MR) is 77.4 cm³/mol. The van der Waals surface area contributed by atoms with Gasteiger partial charge in [-0.15, -0.1) is 0 Å². The minimum atomic E-state index is -0.162. The molecule has 0 heterocycles. The van der Waals surface area contributed by atoms with Crippen molar-refractivity contribution in [2.24, 2.45) is 0 Å². The lowest BCUT2D eigenvalue weighted by Crippen LogP contribution is -2.41. The fourth-order valence-electron chi connectivity index (χ4n) is 1.86. The Morgan fingerprint density at radius 2 is 1.95 bits per heavy atom. The normalized spacial score (nSPS) is 10.2. The second-order valence-electron chi connectivity index (χ2n) is 4.91. The maximum absolute atomic E-state index is 11.8. The molecule has 0 radical (unpaired) electrons. The highest BCUT2D eigenvalue weighted by molar-refractivity contribution is 5.83. The molecule has 0 aliphatic heterocycles. The van der Waals surface area contributed by atoms with Crippen molar-refractivity contribution in [1.82, 2.24) is 10.2 Å². The predicted octanol–water partition coefficient (Wildman–Crippen LogP) is 1.57. The number of rotatable bonds is 6. The minimum Gasteiger partial charge on any atom is -0.496 e. The summed E-state index contributed by atoms with van der Waals surface area (Å²) in [5, 5.41) is 2.78. The van der Waals surface area contributed by atoms with Gasteiger partial charge in [0.15, 0.2) is 0 Å². The Balaban J connectivity index is 2.77. The van der Waals surface area contributed by atoms with Crippen molar-refractivity contribution in [3.8, 4) is 5.75 Å². The van der Waals surface area contributed by atoms with Gasteiger partial charge in [-0.25, -0.2) is 0 Å². The van der Waals surface area contributed by atoms with Gasteiger partial charge < -0.3 is 15.0 Å². The van der Waals surface area contributed by atoms with Crippen molar-refractivity contribution in [2.45, 2.75) is 33.4 Å². The second-order valence-corrected chi connectivity index (χ2v) is 4.91. The van der Waals surface area contributed by atoms with E-state index in [4.69, 9.17) is 4.74 Å². The van der Waals surface area contributed by atoms with E-state index >= 15 is 0 Å². The Bertz CT molecular complexity index is 472. The average Bonchev–Trinajstić information content (AvgIpc) is 2.37. The highest BCUT2D eigenvalue weighted by atomic mass is 16.5. The molecule has 1 aromatic carbocycles. The van der Waals surface area contributed by atoms with Crippen molar-refractivity contribution >= 4 is 11.8 Å². The zero-order chi connectivity index (χ0) is 15.1. The van der Waals surface area contributed by atoms with Crippen LogP contribution in [0.25, 0.3) is 0 Å². The Labute approximate surface area is 119 Å². The van der Waals surface area contributed by atoms with E-state index < -0.39 is 0 Å². The number of amides is 2. The van der Waals surface area contributed by atoms with Crippen LogP contribution in [0.2, 0.25) is 0 Å². The Morgan fingerprint density at radius 3 is 2.50 bits per heavy atom. The zero-order valence-corrected chi connectivity index (χ0v) is 12.5. The number of carbonyl (C=O) groups excluding carboxylic acids is 2. The first kappa shape index (κ1) is 16.0. The number of nitrogens with zero attached hydrogens (tertiary/aromatic N) is 1. The zero-order valence-electron chi connectivity index (χ0n) is 12.5. The number of carbonyl (C=O) groups is 2. The molecule has 0 atom stereocenters. The molecule has 0 fully saturated rings. The fraction of sp³-hybridized carbons (Fsp3) is 0.467. The molecule has 2 amide bonds. The molecule has 0 bridgehead atoms. The van der Waals surface area contributed by atoms with Gasteiger partial charge in [-0.3, -0.25) is 9.59 Å². The standard InChI is InChI=1S/C15H22N2O3/c1-11(2)16-15(19)10-17(12(3)18)9-13-7-5-6-8-14(13)20-4/h5-8,11H,9-10H2,1-4H3,(H,16,19). The van der Waals surface area contributed by atoms with E-state index in [9.17, 15) is 9.59 Å². The second kappa shape index (κ2) is 7.53. The molecule has 1 rings (SSSR count). The monoisotopic (exact) mass is 278 g/mol. The first-order valence-electron chi connectivity index (χ1n) is 6.60. The van der Waals surface area contributed by atoms with E-state index in [1.54, 1.807) is 7.11 Å². The molecule has 0 saturated heterocycles. The van der Waals surface area contributed by atoms with Crippen LogP contribution in [0.1, 0.15) is 26.3 Å². The van der Waals surface area contributed by atoms with Crippen molar-refractivity contribution in [2.75, 3.05) is 13.7 Å². The van der Waals surface area contributed by atoms with Crippen molar-refractivity contribution in [3.05, 3.63) is 29.8 Å². The van der Waals surface area contributed by atoms with Crippen LogP contribution in [0, 0.1) is 0 Å². The topological polar surface area (TPSA) is 58.6 Å². The van der Waals surface area contributed by atoms with Crippen molar-refractivity contribution < 1.29 is 14.3 Å². The van der Waals surface area contributed by atoms with Crippen LogP contribution in [-0.2, 0) is 16.1 Å². The van der Waals surface area contributed by atoms with Gasteiger partial charge in [0, 0.05) is 25.1 Å². The lowest BCUT2D eigenvalue weighted by atomic mass is 10.2. The highest BCUT2D eigenvalue weighted by Crippen LogP contribution is 2.19. The summed E-state index contributed by atoms with van der Waals surface area (Å²) in [4.78, 5) is 24.9. The van der Waals surface area contributed by atoms with Crippen LogP contribution in [0.5, 0.6) is 5.75 Å². The molecule has 0 aliphatic rings. The summed E-state index contributed by atoms with van der Waals surface area (Å²) in [6.45, 7) is 5.63. The van der Waals surface area contributed by atoms with Gasteiger partial charge in [-0.1, -0.05) is 18.2 Å². The number of benzene rings is 1. The van der Waals surface area contributed by atoms with Crippen molar-refractivity contribution in [1.29, 1.82) is 0 Å². The van der Waals surface area contributed by atoms with E-state index in [2.05, 4.69) is 5.32 Å². The van der Waals surface area contributed by atoms with E-state index in [1.165, 1.54) is 11.8 Å².